The molecule has 0 fully saturated rings. The van der Waals surface area contributed by atoms with Crippen LogP contribution in [0.1, 0.15) is 11.1 Å². The molecule has 132 valence electrons. The van der Waals surface area contributed by atoms with Crippen LogP contribution in [0.25, 0.3) is 0 Å². The molecule has 0 bridgehead atoms. The number of rotatable bonds is 6. The van der Waals surface area contributed by atoms with Crippen molar-refractivity contribution in [3.05, 3.63) is 59.7 Å². The minimum absolute atomic E-state index is 0.0350. The summed E-state index contributed by atoms with van der Waals surface area (Å²) in [5.74, 6) is 0.738. The normalized spacial score (nSPS) is 16.0. The molecule has 0 spiro atoms. The number of hydrogen-bond donors (Lipinski definition) is 1. The van der Waals surface area contributed by atoms with E-state index in [9.17, 15) is 13.6 Å². The van der Waals surface area contributed by atoms with Gasteiger partial charge in [-0.1, -0.05) is 30.3 Å². The van der Waals surface area contributed by atoms with Crippen molar-refractivity contribution < 1.29 is 23.0 Å². The van der Waals surface area contributed by atoms with Crippen molar-refractivity contribution in [2.75, 3.05) is 13.2 Å². The lowest BCUT2D eigenvalue weighted by atomic mass is 9.96. The summed E-state index contributed by atoms with van der Waals surface area (Å²) in [4.78, 5) is 12.3. The van der Waals surface area contributed by atoms with Crippen LogP contribution in [0, 0.1) is 5.92 Å². The van der Waals surface area contributed by atoms with Gasteiger partial charge in [0.15, 0.2) is 0 Å². The minimum Gasteiger partial charge on any atom is -0.492 e. The van der Waals surface area contributed by atoms with Crippen molar-refractivity contribution in [3.8, 4) is 11.5 Å². The van der Waals surface area contributed by atoms with Crippen molar-refractivity contribution in [1.82, 2.24) is 5.32 Å². The SMILES string of the molecule is O=C(NCCc1ccc(OC(F)F)cc1)C1COc2ccccc2C1. The van der Waals surface area contributed by atoms with E-state index in [0.717, 1.165) is 16.9 Å². The molecular weight excluding hydrogens is 328 g/mol. The molecule has 1 aliphatic heterocycles. The topological polar surface area (TPSA) is 47.6 Å². The van der Waals surface area contributed by atoms with E-state index in [1.807, 2.05) is 24.3 Å². The zero-order valence-corrected chi connectivity index (χ0v) is 13.6. The Morgan fingerprint density at radius 3 is 2.72 bits per heavy atom. The van der Waals surface area contributed by atoms with Crippen LogP contribution in [-0.2, 0) is 17.6 Å². The average Bonchev–Trinajstić information content (AvgIpc) is 2.62. The number of halogens is 2. The second-order valence-corrected chi connectivity index (χ2v) is 5.88. The third kappa shape index (κ3) is 4.68. The summed E-state index contributed by atoms with van der Waals surface area (Å²) in [7, 11) is 0. The van der Waals surface area contributed by atoms with Crippen molar-refractivity contribution in [3.63, 3.8) is 0 Å². The van der Waals surface area contributed by atoms with Crippen LogP contribution in [0.2, 0.25) is 0 Å². The number of amides is 1. The van der Waals surface area contributed by atoms with Crippen molar-refractivity contribution >= 4 is 5.91 Å². The van der Waals surface area contributed by atoms with Gasteiger partial charge in [-0.3, -0.25) is 4.79 Å². The highest BCUT2D eigenvalue weighted by Crippen LogP contribution is 2.26. The van der Waals surface area contributed by atoms with Crippen LogP contribution in [0.5, 0.6) is 11.5 Å². The molecule has 1 amide bonds. The Hall–Kier alpha value is -2.63. The predicted octanol–water partition coefficient (Wildman–Crippen LogP) is 3.20. The Morgan fingerprint density at radius 2 is 1.96 bits per heavy atom. The van der Waals surface area contributed by atoms with Crippen molar-refractivity contribution in [2.45, 2.75) is 19.5 Å². The fourth-order valence-electron chi connectivity index (χ4n) is 2.81. The van der Waals surface area contributed by atoms with Gasteiger partial charge >= 0.3 is 6.61 Å². The lowest BCUT2D eigenvalue weighted by molar-refractivity contribution is -0.126. The molecule has 0 aromatic heterocycles. The van der Waals surface area contributed by atoms with Gasteiger partial charge in [0.2, 0.25) is 5.91 Å². The maximum atomic E-state index is 12.3. The van der Waals surface area contributed by atoms with Crippen LogP contribution in [0.15, 0.2) is 48.5 Å². The second kappa shape index (κ2) is 7.96. The quantitative estimate of drug-likeness (QED) is 0.873. The lowest BCUT2D eigenvalue weighted by Crippen LogP contribution is -2.38. The Morgan fingerprint density at radius 1 is 1.20 bits per heavy atom. The Labute approximate surface area is 144 Å². The molecule has 1 unspecified atom stereocenters. The molecule has 3 rings (SSSR count). The number of fused-ring (bicyclic) bond motifs is 1. The molecule has 1 N–H and O–H groups in total. The summed E-state index contributed by atoms with van der Waals surface area (Å²) < 4.78 is 34.1. The molecule has 0 aliphatic carbocycles. The second-order valence-electron chi connectivity index (χ2n) is 5.88. The molecule has 0 saturated heterocycles. The predicted molar refractivity (Wildman–Crippen MR) is 88.9 cm³/mol. The first-order valence-electron chi connectivity index (χ1n) is 8.14. The molecule has 1 atom stereocenters. The average molecular weight is 347 g/mol. The van der Waals surface area contributed by atoms with Crippen LogP contribution in [0.3, 0.4) is 0 Å². The van der Waals surface area contributed by atoms with Crippen molar-refractivity contribution in [2.24, 2.45) is 5.92 Å². The molecule has 25 heavy (non-hydrogen) atoms. The van der Waals surface area contributed by atoms with Crippen molar-refractivity contribution in [1.29, 1.82) is 0 Å². The third-order valence-electron chi connectivity index (χ3n) is 4.11. The molecule has 1 aliphatic rings. The zero-order chi connectivity index (χ0) is 17.6. The number of hydrogen-bond acceptors (Lipinski definition) is 3. The van der Waals surface area contributed by atoms with E-state index in [1.54, 1.807) is 12.1 Å². The number of carbonyl (C=O) groups is 1. The van der Waals surface area contributed by atoms with Gasteiger partial charge < -0.3 is 14.8 Å². The first-order chi connectivity index (χ1) is 12.1. The number of carbonyl (C=O) groups excluding carboxylic acids is 1. The van der Waals surface area contributed by atoms with Crippen LogP contribution in [0.4, 0.5) is 8.78 Å². The first-order valence-corrected chi connectivity index (χ1v) is 8.14. The number of ether oxygens (including phenoxy) is 2. The molecule has 6 heteroatoms. The Kier molecular flexibility index (Phi) is 5.48. The van der Waals surface area contributed by atoms with E-state index in [0.29, 0.717) is 26.0 Å². The van der Waals surface area contributed by atoms with Crippen LogP contribution < -0.4 is 14.8 Å². The number of para-hydroxylation sites is 1. The largest absolute Gasteiger partial charge is 0.492 e. The summed E-state index contributed by atoms with van der Waals surface area (Å²) >= 11 is 0. The van der Waals surface area contributed by atoms with E-state index in [4.69, 9.17) is 4.74 Å². The molecule has 0 radical (unpaired) electrons. The molecule has 2 aromatic rings. The highest BCUT2D eigenvalue weighted by Gasteiger charge is 2.25. The van der Waals surface area contributed by atoms with E-state index in [-0.39, 0.29) is 17.6 Å². The van der Waals surface area contributed by atoms with Gasteiger partial charge in [-0.25, -0.2) is 0 Å². The summed E-state index contributed by atoms with van der Waals surface area (Å²) in [6, 6.07) is 14.1. The molecule has 4 nitrogen and oxygen atoms in total. The van der Waals surface area contributed by atoms with Gasteiger partial charge in [0.25, 0.3) is 0 Å². The van der Waals surface area contributed by atoms with Gasteiger partial charge in [-0.2, -0.15) is 8.78 Å². The highest BCUT2D eigenvalue weighted by atomic mass is 19.3. The lowest BCUT2D eigenvalue weighted by Gasteiger charge is -2.24. The maximum absolute atomic E-state index is 12.3. The van der Waals surface area contributed by atoms with Gasteiger partial charge in [-0.05, 0) is 42.2 Å². The molecule has 2 aromatic carbocycles. The number of benzene rings is 2. The minimum atomic E-state index is -2.83. The zero-order valence-electron chi connectivity index (χ0n) is 13.6. The highest BCUT2D eigenvalue weighted by molar-refractivity contribution is 5.79. The summed E-state index contributed by atoms with van der Waals surface area (Å²) in [5.41, 5.74) is 1.98. The smallest absolute Gasteiger partial charge is 0.387 e. The molecule has 0 saturated carbocycles. The summed E-state index contributed by atoms with van der Waals surface area (Å²) in [5, 5.41) is 2.91. The van der Waals surface area contributed by atoms with Gasteiger partial charge in [0.05, 0.1) is 5.92 Å². The molecular formula is C19H19F2NO3. The Balaban J connectivity index is 1.45. The molecule has 1 heterocycles. The summed E-state index contributed by atoms with van der Waals surface area (Å²) in [6.07, 6.45) is 1.28. The van der Waals surface area contributed by atoms with Crippen LogP contribution in [-0.4, -0.2) is 25.7 Å². The summed E-state index contributed by atoms with van der Waals surface area (Å²) in [6.45, 7) is -1.97. The third-order valence-corrected chi connectivity index (χ3v) is 4.11. The van der Waals surface area contributed by atoms with Gasteiger partial charge in [0.1, 0.15) is 18.1 Å². The first kappa shape index (κ1) is 17.2. The fraction of sp³-hybridized carbons (Fsp3) is 0.316. The van der Waals surface area contributed by atoms with E-state index >= 15 is 0 Å². The standard InChI is InChI=1S/C19H19F2NO3/c20-19(21)25-16-7-5-13(6-8-16)9-10-22-18(23)15-11-14-3-1-2-4-17(14)24-12-15/h1-8,15,19H,9-12H2,(H,22,23). The monoisotopic (exact) mass is 347 g/mol. The maximum Gasteiger partial charge on any atom is 0.387 e. The number of alkyl halides is 2. The van der Waals surface area contributed by atoms with E-state index in [2.05, 4.69) is 10.1 Å². The fourth-order valence-corrected chi connectivity index (χ4v) is 2.81. The van der Waals surface area contributed by atoms with Gasteiger partial charge in [-0.15, -0.1) is 0 Å². The Bertz CT molecular complexity index is 719. The van der Waals surface area contributed by atoms with Gasteiger partial charge in [0, 0.05) is 6.54 Å². The van der Waals surface area contributed by atoms with E-state index < -0.39 is 6.61 Å². The number of nitrogens with one attached hydrogen (secondary N) is 1. The van der Waals surface area contributed by atoms with E-state index in [1.165, 1.54) is 12.1 Å². The van der Waals surface area contributed by atoms with Crippen LogP contribution >= 0.6 is 0 Å².